The molecule has 0 aliphatic rings. The molecule has 2 N–H and O–H groups in total. The third kappa shape index (κ3) is 4.08. The topological polar surface area (TPSA) is 95.0 Å². The van der Waals surface area contributed by atoms with Crippen molar-refractivity contribution in [3.05, 3.63) is 62.4 Å². The molecule has 2 atom stereocenters. The molecule has 28 heavy (non-hydrogen) atoms. The number of benzene rings is 2. The number of aromatic nitrogens is 2. The van der Waals surface area contributed by atoms with Gasteiger partial charge in [-0.25, -0.2) is 0 Å². The molecule has 1 heterocycles. The van der Waals surface area contributed by atoms with E-state index < -0.39 is 12.1 Å². The molecular weight excluding hydrogens is 423 g/mol. The van der Waals surface area contributed by atoms with E-state index in [-0.39, 0.29) is 11.8 Å². The molecule has 0 spiro atoms. The average Bonchev–Trinajstić information content (AvgIpc) is 3.14. The Morgan fingerprint density at radius 2 is 1.89 bits per heavy atom. The zero-order chi connectivity index (χ0) is 20.4. The van der Waals surface area contributed by atoms with Crippen LogP contribution in [-0.2, 0) is 0 Å². The molecule has 3 rings (SSSR count). The van der Waals surface area contributed by atoms with Crippen molar-refractivity contribution in [3.63, 3.8) is 0 Å². The predicted octanol–water partition coefficient (Wildman–Crippen LogP) is 5.41. The Kier molecular flexibility index (Phi) is 6.11. The van der Waals surface area contributed by atoms with Gasteiger partial charge in [-0.1, -0.05) is 34.8 Å². The number of halogens is 3. The van der Waals surface area contributed by atoms with Crippen molar-refractivity contribution in [2.75, 3.05) is 5.32 Å². The lowest BCUT2D eigenvalue weighted by molar-refractivity contribution is 0.159. The molecule has 0 saturated heterocycles. The van der Waals surface area contributed by atoms with Gasteiger partial charge in [-0.05, 0) is 49.7 Å². The first kappa shape index (κ1) is 20.4. The molecule has 2 aromatic carbocycles. The summed E-state index contributed by atoms with van der Waals surface area (Å²) in [5.41, 5.74) is 2.30. The lowest BCUT2D eigenvalue weighted by atomic mass is 10.1. The fourth-order valence-electron chi connectivity index (χ4n) is 2.59. The Morgan fingerprint density at radius 3 is 2.54 bits per heavy atom. The van der Waals surface area contributed by atoms with Crippen LogP contribution in [0.15, 0.2) is 34.7 Å². The number of nitrogens with zero attached hydrogens (tertiary/aromatic N) is 3. The molecule has 0 fully saturated rings. The van der Waals surface area contributed by atoms with E-state index in [2.05, 4.69) is 15.5 Å². The number of nitrogens with one attached hydrogen (secondary N) is 1. The highest BCUT2D eigenvalue weighted by Crippen LogP contribution is 2.32. The van der Waals surface area contributed by atoms with Gasteiger partial charge in [0, 0.05) is 11.3 Å². The van der Waals surface area contributed by atoms with Crippen molar-refractivity contribution in [3.8, 4) is 17.5 Å². The van der Waals surface area contributed by atoms with Crippen molar-refractivity contribution in [1.29, 1.82) is 5.26 Å². The van der Waals surface area contributed by atoms with E-state index in [0.29, 0.717) is 37.4 Å². The van der Waals surface area contributed by atoms with E-state index in [4.69, 9.17) is 44.5 Å². The van der Waals surface area contributed by atoms with Crippen LogP contribution >= 0.6 is 34.8 Å². The fourth-order valence-corrected chi connectivity index (χ4v) is 3.10. The molecule has 9 heteroatoms. The van der Waals surface area contributed by atoms with Crippen molar-refractivity contribution in [1.82, 2.24) is 10.2 Å². The minimum atomic E-state index is -0.851. The molecule has 0 amide bonds. The Morgan fingerprint density at radius 1 is 1.14 bits per heavy atom. The van der Waals surface area contributed by atoms with Crippen LogP contribution in [0, 0.1) is 18.3 Å². The summed E-state index contributed by atoms with van der Waals surface area (Å²) < 4.78 is 5.74. The van der Waals surface area contributed by atoms with Gasteiger partial charge in [-0.2, -0.15) is 5.26 Å². The lowest BCUT2D eigenvalue weighted by Gasteiger charge is -2.21. The summed E-state index contributed by atoms with van der Waals surface area (Å²) >= 11 is 18.2. The van der Waals surface area contributed by atoms with Gasteiger partial charge in [0.05, 0.1) is 26.7 Å². The van der Waals surface area contributed by atoms with E-state index in [0.717, 1.165) is 0 Å². The molecule has 0 unspecified atom stereocenters. The van der Waals surface area contributed by atoms with E-state index in [1.165, 1.54) is 0 Å². The minimum Gasteiger partial charge on any atom is -0.418 e. The van der Waals surface area contributed by atoms with Crippen LogP contribution in [-0.4, -0.2) is 21.4 Å². The van der Waals surface area contributed by atoms with Gasteiger partial charge in [-0.15, -0.1) is 10.2 Å². The zero-order valence-corrected chi connectivity index (χ0v) is 17.1. The summed E-state index contributed by atoms with van der Waals surface area (Å²) in [4.78, 5) is 0. The highest BCUT2D eigenvalue weighted by Gasteiger charge is 2.25. The predicted molar refractivity (Wildman–Crippen MR) is 109 cm³/mol. The van der Waals surface area contributed by atoms with Crippen LogP contribution in [0.3, 0.4) is 0 Å². The Bertz CT molecular complexity index is 1060. The normalized spacial score (nSPS) is 13.0. The molecule has 0 bridgehead atoms. The molecule has 144 valence electrons. The quantitative estimate of drug-likeness (QED) is 0.554. The maximum Gasteiger partial charge on any atom is 0.247 e. The van der Waals surface area contributed by atoms with Crippen LogP contribution in [0.4, 0.5) is 5.69 Å². The highest BCUT2D eigenvalue weighted by atomic mass is 35.5. The largest absolute Gasteiger partial charge is 0.418 e. The second kappa shape index (κ2) is 8.38. The van der Waals surface area contributed by atoms with E-state index in [9.17, 15) is 5.11 Å². The summed E-state index contributed by atoms with van der Waals surface area (Å²) in [6, 6.07) is 9.62. The third-order valence-corrected chi connectivity index (χ3v) is 5.40. The first-order valence-corrected chi connectivity index (χ1v) is 9.37. The summed E-state index contributed by atoms with van der Waals surface area (Å²) in [6.45, 7) is 3.38. The molecule has 3 aromatic rings. The monoisotopic (exact) mass is 436 g/mol. The van der Waals surface area contributed by atoms with Gasteiger partial charge in [-0.3, -0.25) is 0 Å². The first-order valence-electron chi connectivity index (χ1n) is 8.24. The van der Waals surface area contributed by atoms with Crippen LogP contribution < -0.4 is 5.32 Å². The summed E-state index contributed by atoms with van der Waals surface area (Å²) in [5.74, 6) is 0.437. The molecule has 0 aliphatic carbocycles. The van der Waals surface area contributed by atoms with Crippen LogP contribution in [0.25, 0.3) is 11.5 Å². The lowest BCUT2D eigenvalue weighted by Crippen LogP contribution is -2.23. The summed E-state index contributed by atoms with van der Waals surface area (Å²) in [7, 11) is 0. The summed E-state index contributed by atoms with van der Waals surface area (Å²) in [6.07, 6.45) is -0.851. The Hall–Kier alpha value is -2.30. The second-order valence-corrected chi connectivity index (χ2v) is 7.34. The van der Waals surface area contributed by atoms with Crippen LogP contribution in [0.1, 0.15) is 30.0 Å². The summed E-state index contributed by atoms with van der Waals surface area (Å²) in [5, 5.41) is 31.7. The van der Waals surface area contributed by atoms with Gasteiger partial charge < -0.3 is 14.8 Å². The highest BCUT2D eigenvalue weighted by molar-refractivity contribution is 6.42. The number of hydrogen-bond acceptors (Lipinski definition) is 6. The molecule has 1 aromatic heterocycles. The molecule has 0 radical (unpaired) electrons. The zero-order valence-electron chi connectivity index (χ0n) is 14.9. The number of nitriles is 1. The van der Waals surface area contributed by atoms with Gasteiger partial charge >= 0.3 is 0 Å². The Labute approximate surface area is 176 Å². The van der Waals surface area contributed by atoms with Gasteiger partial charge in [0.15, 0.2) is 0 Å². The van der Waals surface area contributed by atoms with Crippen molar-refractivity contribution in [2.45, 2.75) is 26.0 Å². The average molecular weight is 438 g/mol. The van der Waals surface area contributed by atoms with E-state index in [1.807, 2.05) is 6.07 Å². The smallest absolute Gasteiger partial charge is 0.247 e. The van der Waals surface area contributed by atoms with E-state index >= 15 is 0 Å². The molecule has 0 aliphatic heterocycles. The first-order chi connectivity index (χ1) is 13.3. The number of hydrogen-bond donors (Lipinski definition) is 2. The van der Waals surface area contributed by atoms with Crippen molar-refractivity contribution >= 4 is 40.5 Å². The third-order valence-electron chi connectivity index (χ3n) is 4.17. The van der Waals surface area contributed by atoms with Gasteiger partial charge in [0.1, 0.15) is 12.1 Å². The standard InChI is InChI=1S/C19H15Cl3N4O2/c1-9-15(6-4-12(8-23)16(9)22)24-17(10(2)27)19-26-25-18(28-19)11-3-5-13(20)14(21)7-11/h3-7,10,17,24,27H,1-2H3/t10-,17+/m0/s1. The van der Waals surface area contributed by atoms with Crippen molar-refractivity contribution < 1.29 is 9.52 Å². The maximum atomic E-state index is 10.2. The van der Waals surface area contributed by atoms with E-state index in [1.54, 1.807) is 44.2 Å². The fraction of sp³-hybridized carbons (Fsp3) is 0.211. The number of anilines is 1. The molecule has 6 nitrogen and oxygen atoms in total. The SMILES string of the molecule is Cc1c(N[C@@H](c2nnc(-c3ccc(Cl)c(Cl)c3)o2)[C@H](C)O)ccc(C#N)c1Cl. The number of aliphatic hydroxyl groups excluding tert-OH is 1. The molecular formula is C19H15Cl3N4O2. The maximum absolute atomic E-state index is 10.2. The van der Waals surface area contributed by atoms with Crippen LogP contribution in [0.5, 0.6) is 0 Å². The minimum absolute atomic E-state index is 0.191. The van der Waals surface area contributed by atoms with Crippen molar-refractivity contribution in [2.24, 2.45) is 0 Å². The number of aliphatic hydroxyl groups is 1. The van der Waals surface area contributed by atoms with Gasteiger partial charge in [0.25, 0.3) is 0 Å². The second-order valence-electron chi connectivity index (χ2n) is 6.15. The van der Waals surface area contributed by atoms with Gasteiger partial charge in [0.2, 0.25) is 11.8 Å². The van der Waals surface area contributed by atoms with Crippen LogP contribution in [0.2, 0.25) is 15.1 Å². The Balaban J connectivity index is 1.92. The molecule has 0 saturated carbocycles. The number of rotatable bonds is 5.